The Morgan fingerprint density at radius 1 is 1.39 bits per heavy atom. The first-order chi connectivity index (χ1) is 8.66. The topological polar surface area (TPSA) is 42.0 Å². The fourth-order valence-electron chi connectivity index (χ4n) is 1.70. The summed E-state index contributed by atoms with van der Waals surface area (Å²) >= 11 is 1.59. The highest BCUT2D eigenvalue weighted by Crippen LogP contribution is 2.18. The van der Waals surface area contributed by atoms with Gasteiger partial charge in [0.25, 0.3) is 0 Å². The summed E-state index contributed by atoms with van der Waals surface area (Å²) in [5.74, 6) is 0.0406. The highest BCUT2D eigenvalue weighted by atomic mass is 32.1. The van der Waals surface area contributed by atoms with Crippen LogP contribution in [0, 0.1) is 13.8 Å². The lowest BCUT2D eigenvalue weighted by Crippen LogP contribution is -2.13. The monoisotopic (exact) mass is 260 g/mol. The second-order valence-electron chi connectivity index (χ2n) is 4.22. The van der Waals surface area contributed by atoms with Gasteiger partial charge in [0, 0.05) is 30.1 Å². The van der Waals surface area contributed by atoms with E-state index >= 15 is 0 Å². The number of hydrogen-bond donors (Lipinski definition) is 1. The van der Waals surface area contributed by atoms with Crippen molar-refractivity contribution in [2.24, 2.45) is 0 Å². The fourth-order valence-corrected chi connectivity index (χ4v) is 2.32. The van der Waals surface area contributed by atoms with Crippen molar-refractivity contribution in [3.05, 3.63) is 45.9 Å². The Balaban J connectivity index is 1.93. The van der Waals surface area contributed by atoms with E-state index in [9.17, 15) is 4.79 Å². The Labute approximate surface area is 111 Å². The predicted octanol–water partition coefficient (Wildman–Crippen LogP) is 3.33. The molecule has 94 valence electrons. The summed E-state index contributed by atoms with van der Waals surface area (Å²) in [6.45, 7) is 4.06. The maximum absolute atomic E-state index is 11.8. The molecule has 0 aliphatic carbocycles. The molecule has 1 heterocycles. The summed E-state index contributed by atoms with van der Waals surface area (Å²) in [7, 11) is 0. The molecule has 0 unspecified atom stereocenters. The van der Waals surface area contributed by atoms with Crippen molar-refractivity contribution in [3.8, 4) is 0 Å². The molecule has 0 radical (unpaired) electrons. The summed E-state index contributed by atoms with van der Waals surface area (Å²) < 4.78 is 0. The molecule has 0 aliphatic rings. The molecule has 18 heavy (non-hydrogen) atoms. The second-order valence-corrected chi connectivity index (χ2v) is 5.20. The van der Waals surface area contributed by atoms with Gasteiger partial charge in [0.2, 0.25) is 5.91 Å². The number of thiazole rings is 1. The Morgan fingerprint density at radius 2 is 2.22 bits per heavy atom. The Morgan fingerprint density at radius 3 is 2.94 bits per heavy atom. The van der Waals surface area contributed by atoms with E-state index in [1.54, 1.807) is 17.5 Å². The molecule has 2 aromatic rings. The zero-order valence-electron chi connectivity index (χ0n) is 10.6. The standard InChI is InChI=1S/C14H16N2OS/c1-10-4-3-5-12(11(10)2)16-13(17)6-7-14-15-8-9-18-14/h3-5,8-9H,6-7H2,1-2H3,(H,16,17). The predicted molar refractivity (Wildman–Crippen MR) is 75.0 cm³/mol. The number of nitrogens with one attached hydrogen (secondary N) is 1. The van der Waals surface area contributed by atoms with Crippen molar-refractivity contribution >= 4 is 22.9 Å². The van der Waals surface area contributed by atoms with Gasteiger partial charge < -0.3 is 5.32 Å². The second kappa shape index (κ2) is 5.78. The molecule has 0 aliphatic heterocycles. The summed E-state index contributed by atoms with van der Waals surface area (Å²) in [4.78, 5) is 16.0. The molecule has 0 bridgehead atoms. The van der Waals surface area contributed by atoms with Crippen LogP contribution in [0.15, 0.2) is 29.8 Å². The number of aromatic nitrogens is 1. The molecule has 1 N–H and O–H groups in total. The molecule has 0 saturated carbocycles. The van der Waals surface area contributed by atoms with Crippen molar-refractivity contribution in [2.75, 3.05) is 5.32 Å². The van der Waals surface area contributed by atoms with Gasteiger partial charge in [-0.05, 0) is 31.0 Å². The molecule has 0 atom stereocenters. The molecule has 0 fully saturated rings. The minimum absolute atomic E-state index is 0.0406. The van der Waals surface area contributed by atoms with E-state index in [1.807, 2.05) is 37.4 Å². The number of benzene rings is 1. The SMILES string of the molecule is Cc1cccc(NC(=O)CCc2nccs2)c1C. The zero-order chi connectivity index (χ0) is 13.0. The average Bonchev–Trinajstić information content (AvgIpc) is 2.86. The first kappa shape index (κ1) is 12.8. The molecule has 1 aromatic carbocycles. The van der Waals surface area contributed by atoms with Crippen molar-refractivity contribution in [1.82, 2.24) is 4.98 Å². The summed E-state index contributed by atoms with van der Waals surface area (Å²) in [6, 6.07) is 5.93. The number of anilines is 1. The Bertz CT molecular complexity index is 535. The maximum atomic E-state index is 11.8. The molecular weight excluding hydrogens is 244 g/mol. The largest absolute Gasteiger partial charge is 0.326 e. The number of hydrogen-bond acceptors (Lipinski definition) is 3. The third-order valence-electron chi connectivity index (χ3n) is 2.93. The van der Waals surface area contributed by atoms with Crippen LogP contribution >= 0.6 is 11.3 Å². The lowest BCUT2D eigenvalue weighted by molar-refractivity contribution is -0.116. The van der Waals surface area contributed by atoms with Crippen LogP contribution in [-0.2, 0) is 11.2 Å². The summed E-state index contributed by atoms with van der Waals surface area (Å²) in [5.41, 5.74) is 3.21. The van der Waals surface area contributed by atoms with Gasteiger partial charge in [-0.25, -0.2) is 4.98 Å². The number of carbonyl (C=O) groups is 1. The number of rotatable bonds is 4. The molecule has 0 saturated heterocycles. The van der Waals surface area contributed by atoms with Crippen LogP contribution < -0.4 is 5.32 Å². The van der Waals surface area contributed by atoms with Gasteiger partial charge in [0.15, 0.2) is 0 Å². The first-order valence-corrected chi connectivity index (χ1v) is 6.79. The van der Waals surface area contributed by atoms with E-state index in [1.165, 1.54) is 5.56 Å². The van der Waals surface area contributed by atoms with Crippen molar-refractivity contribution in [3.63, 3.8) is 0 Å². The molecule has 4 heteroatoms. The Kier molecular flexibility index (Phi) is 4.10. The van der Waals surface area contributed by atoms with Gasteiger partial charge in [-0.3, -0.25) is 4.79 Å². The van der Waals surface area contributed by atoms with Crippen LogP contribution in [0.5, 0.6) is 0 Å². The third kappa shape index (κ3) is 3.17. The first-order valence-electron chi connectivity index (χ1n) is 5.91. The Hall–Kier alpha value is -1.68. The highest BCUT2D eigenvalue weighted by molar-refractivity contribution is 7.09. The van der Waals surface area contributed by atoms with Gasteiger partial charge in [-0.2, -0.15) is 0 Å². The number of nitrogens with zero attached hydrogens (tertiary/aromatic N) is 1. The highest BCUT2D eigenvalue weighted by Gasteiger charge is 2.07. The van der Waals surface area contributed by atoms with E-state index in [0.29, 0.717) is 12.8 Å². The van der Waals surface area contributed by atoms with E-state index in [0.717, 1.165) is 16.3 Å². The lowest BCUT2D eigenvalue weighted by Gasteiger charge is -2.09. The van der Waals surface area contributed by atoms with E-state index in [2.05, 4.69) is 10.3 Å². The van der Waals surface area contributed by atoms with Gasteiger partial charge in [0.1, 0.15) is 0 Å². The van der Waals surface area contributed by atoms with Crippen LogP contribution in [0.4, 0.5) is 5.69 Å². The molecule has 0 spiro atoms. The molecular formula is C14H16N2OS. The number of aryl methyl sites for hydroxylation is 2. The minimum Gasteiger partial charge on any atom is -0.326 e. The lowest BCUT2D eigenvalue weighted by atomic mass is 10.1. The van der Waals surface area contributed by atoms with Crippen molar-refractivity contribution < 1.29 is 4.79 Å². The average molecular weight is 260 g/mol. The van der Waals surface area contributed by atoms with E-state index < -0.39 is 0 Å². The van der Waals surface area contributed by atoms with Gasteiger partial charge in [-0.1, -0.05) is 12.1 Å². The van der Waals surface area contributed by atoms with E-state index in [4.69, 9.17) is 0 Å². The van der Waals surface area contributed by atoms with Gasteiger partial charge in [0.05, 0.1) is 5.01 Å². The maximum Gasteiger partial charge on any atom is 0.224 e. The van der Waals surface area contributed by atoms with Crippen LogP contribution in [0.3, 0.4) is 0 Å². The van der Waals surface area contributed by atoms with Crippen LogP contribution in [-0.4, -0.2) is 10.9 Å². The fraction of sp³-hybridized carbons (Fsp3) is 0.286. The molecule has 1 amide bonds. The van der Waals surface area contributed by atoms with Crippen LogP contribution in [0.25, 0.3) is 0 Å². The zero-order valence-corrected chi connectivity index (χ0v) is 11.4. The molecule has 1 aromatic heterocycles. The van der Waals surface area contributed by atoms with Crippen molar-refractivity contribution in [2.45, 2.75) is 26.7 Å². The van der Waals surface area contributed by atoms with Gasteiger partial charge >= 0.3 is 0 Å². The summed E-state index contributed by atoms with van der Waals surface area (Å²) in [5, 5.41) is 5.89. The minimum atomic E-state index is 0.0406. The smallest absolute Gasteiger partial charge is 0.224 e. The van der Waals surface area contributed by atoms with Crippen molar-refractivity contribution in [1.29, 1.82) is 0 Å². The van der Waals surface area contributed by atoms with Gasteiger partial charge in [-0.15, -0.1) is 11.3 Å². The number of carbonyl (C=O) groups excluding carboxylic acids is 1. The quantitative estimate of drug-likeness (QED) is 0.916. The van der Waals surface area contributed by atoms with Crippen LogP contribution in [0.2, 0.25) is 0 Å². The van der Waals surface area contributed by atoms with E-state index in [-0.39, 0.29) is 5.91 Å². The molecule has 2 rings (SSSR count). The normalized spacial score (nSPS) is 10.3. The summed E-state index contributed by atoms with van der Waals surface area (Å²) in [6.07, 6.45) is 2.94. The molecule has 3 nitrogen and oxygen atoms in total. The van der Waals surface area contributed by atoms with Crippen LogP contribution in [0.1, 0.15) is 22.6 Å². The number of amides is 1. The third-order valence-corrected chi connectivity index (χ3v) is 3.77.